The first kappa shape index (κ1) is 14.2. The number of benzene rings is 1. The van der Waals surface area contributed by atoms with Gasteiger partial charge in [-0.3, -0.25) is 0 Å². The molecule has 1 aromatic carbocycles. The molecular formula is C18H25N. The van der Waals surface area contributed by atoms with E-state index in [2.05, 4.69) is 42.4 Å². The Balaban J connectivity index is 2.15. The lowest BCUT2D eigenvalue weighted by atomic mass is 9.77. The Kier molecular flexibility index (Phi) is 5.48. The van der Waals surface area contributed by atoms with E-state index in [0.717, 1.165) is 19.4 Å². The zero-order chi connectivity index (χ0) is 13.5. The third-order valence-electron chi connectivity index (χ3n) is 4.16. The monoisotopic (exact) mass is 255 g/mol. The van der Waals surface area contributed by atoms with Crippen molar-refractivity contribution in [1.29, 1.82) is 0 Å². The highest BCUT2D eigenvalue weighted by atomic mass is 14.9. The minimum atomic E-state index is 0.539. The van der Waals surface area contributed by atoms with Gasteiger partial charge >= 0.3 is 0 Å². The quantitative estimate of drug-likeness (QED) is 0.760. The smallest absolute Gasteiger partial charge is 0.0145 e. The number of nitrogens with one attached hydrogen (secondary N) is 1. The second-order valence-electron chi connectivity index (χ2n) is 5.50. The van der Waals surface area contributed by atoms with Crippen molar-refractivity contribution in [3.05, 3.63) is 35.4 Å². The van der Waals surface area contributed by atoms with E-state index in [4.69, 9.17) is 6.42 Å². The number of fused-ring (bicyclic) bond motifs is 1. The van der Waals surface area contributed by atoms with Crippen LogP contribution in [0.5, 0.6) is 0 Å². The fourth-order valence-corrected chi connectivity index (χ4v) is 3.22. The molecule has 2 rings (SSSR count). The van der Waals surface area contributed by atoms with E-state index in [-0.39, 0.29) is 0 Å². The van der Waals surface area contributed by atoms with Gasteiger partial charge in [-0.1, -0.05) is 31.2 Å². The number of hydrogen-bond acceptors (Lipinski definition) is 1. The van der Waals surface area contributed by atoms with E-state index in [9.17, 15) is 0 Å². The van der Waals surface area contributed by atoms with Crippen molar-refractivity contribution < 1.29 is 0 Å². The molecule has 0 spiro atoms. The minimum Gasteiger partial charge on any atom is -0.313 e. The van der Waals surface area contributed by atoms with Gasteiger partial charge in [0.2, 0.25) is 0 Å². The maximum absolute atomic E-state index is 5.45. The Morgan fingerprint density at radius 3 is 3.05 bits per heavy atom. The molecule has 0 heterocycles. The summed E-state index contributed by atoms with van der Waals surface area (Å²) in [6.45, 7) is 3.31. The molecule has 19 heavy (non-hydrogen) atoms. The number of rotatable bonds is 6. The van der Waals surface area contributed by atoms with Crippen LogP contribution in [-0.4, -0.2) is 12.6 Å². The van der Waals surface area contributed by atoms with Crippen LogP contribution in [0.15, 0.2) is 24.3 Å². The van der Waals surface area contributed by atoms with Gasteiger partial charge in [-0.2, -0.15) is 0 Å². The minimum absolute atomic E-state index is 0.539. The molecule has 0 fully saturated rings. The van der Waals surface area contributed by atoms with Gasteiger partial charge in [-0.15, -0.1) is 12.3 Å². The van der Waals surface area contributed by atoms with Gasteiger partial charge < -0.3 is 5.32 Å². The third kappa shape index (κ3) is 3.61. The summed E-state index contributed by atoms with van der Waals surface area (Å²) in [5, 5.41) is 3.72. The van der Waals surface area contributed by atoms with Crippen molar-refractivity contribution in [3.8, 4) is 12.3 Å². The van der Waals surface area contributed by atoms with Crippen LogP contribution in [-0.2, 0) is 6.42 Å². The van der Waals surface area contributed by atoms with Crippen molar-refractivity contribution >= 4 is 0 Å². The first-order chi connectivity index (χ1) is 9.36. The van der Waals surface area contributed by atoms with Crippen LogP contribution in [0.4, 0.5) is 0 Å². The second-order valence-corrected chi connectivity index (χ2v) is 5.50. The molecule has 0 saturated heterocycles. The molecule has 0 radical (unpaired) electrons. The van der Waals surface area contributed by atoms with E-state index in [0.29, 0.717) is 12.0 Å². The molecule has 0 bridgehead atoms. The zero-order valence-electron chi connectivity index (χ0n) is 12.0. The Hall–Kier alpha value is -1.26. The van der Waals surface area contributed by atoms with E-state index < -0.39 is 0 Å². The molecule has 1 N–H and O–H groups in total. The van der Waals surface area contributed by atoms with Crippen LogP contribution in [0.2, 0.25) is 0 Å². The molecule has 1 aliphatic carbocycles. The van der Waals surface area contributed by atoms with Gasteiger partial charge in [0.25, 0.3) is 0 Å². The Bertz CT molecular complexity index is 430. The van der Waals surface area contributed by atoms with E-state index in [1.54, 1.807) is 11.1 Å². The van der Waals surface area contributed by atoms with Crippen LogP contribution in [0.25, 0.3) is 0 Å². The first-order valence-corrected chi connectivity index (χ1v) is 7.61. The molecule has 1 nitrogen and oxygen atoms in total. The highest BCUT2D eigenvalue weighted by molar-refractivity contribution is 5.33. The van der Waals surface area contributed by atoms with Crippen LogP contribution < -0.4 is 5.32 Å². The van der Waals surface area contributed by atoms with E-state index in [1.807, 2.05) is 0 Å². The summed E-state index contributed by atoms with van der Waals surface area (Å²) in [5.74, 6) is 3.44. The van der Waals surface area contributed by atoms with Crippen molar-refractivity contribution in [1.82, 2.24) is 5.32 Å². The van der Waals surface area contributed by atoms with Crippen LogP contribution in [0, 0.1) is 12.3 Å². The maximum atomic E-state index is 5.45. The lowest BCUT2D eigenvalue weighted by Gasteiger charge is -2.33. The molecule has 0 aliphatic heterocycles. The Morgan fingerprint density at radius 2 is 2.26 bits per heavy atom. The van der Waals surface area contributed by atoms with Crippen LogP contribution >= 0.6 is 0 Å². The van der Waals surface area contributed by atoms with Crippen molar-refractivity contribution in [2.24, 2.45) is 0 Å². The van der Waals surface area contributed by atoms with Gasteiger partial charge in [0.1, 0.15) is 0 Å². The molecule has 0 saturated carbocycles. The normalized spacial score (nSPS) is 19.5. The second kappa shape index (κ2) is 7.36. The summed E-state index contributed by atoms with van der Waals surface area (Å²) in [6.07, 6.45) is 12.4. The summed E-state index contributed by atoms with van der Waals surface area (Å²) >= 11 is 0. The molecule has 2 atom stereocenters. The average Bonchev–Trinajstić information content (AvgIpc) is 2.47. The largest absolute Gasteiger partial charge is 0.313 e. The predicted octanol–water partition coefficient (Wildman–Crippen LogP) is 3.89. The molecular weight excluding hydrogens is 230 g/mol. The fraction of sp³-hybridized carbons (Fsp3) is 0.556. The van der Waals surface area contributed by atoms with Crippen molar-refractivity contribution in [3.63, 3.8) is 0 Å². The Morgan fingerprint density at radius 1 is 1.42 bits per heavy atom. The lowest BCUT2D eigenvalue weighted by molar-refractivity contribution is 0.376. The number of terminal acetylenes is 1. The van der Waals surface area contributed by atoms with Crippen molar-refractivity contribution in [2.75, 3.05) is 6.54 Å². The van der Waals surface area contributed by atoms with Crippen LogP contribution in [0.3, 0.4) is 0 Å². The van der Waals surface area contributed by atoms with Gasteiger partial charge in [-0.25, -0.2) is 0 Å². The summed E-state index contributed by atoms with van der Waals surface area (Å²) in [7, 11) is 0. The Labute approximate surface area is 117 Å². The molecule has 0 aromatic heterocycles. The highest BCUT2D eigenvalue weighted by Crippen LogP contribution is 2.35. The van der Waals surface area contributed by atoms with Gasteiger partial charge in [-0.05, 0) is 55.7 Å². The maximum Gasteiger partial charge on any atom is 0.0145 e. The predicted molar refractivity (Wildman–Crippen MR) is 82.3 cm³/mol. The standard InChI is InChI=1S/C18H25N/c1-3-5-13-18(19-14-4-2)17-12-8-10-15-9-6-7-11-16(15)17/h1,6-7,9,11,17-19H,4-5,8,10,12-14H2,2H3. The molecule has 102 valence electrons. The van der Waals surface area contributed by atoms with E-state index >= 15 is 0 Å². The SMILES string of the molecule is C#CCCC(NCCC)C1CCCc2ccccc21. The summed E-state index contributed by atoms with van der Waals surface area (Å²) in [5.41, 5.74) is 3.10. The third-order valence-corrected chi connectivity index (χ3v) is 4.16. The molecule has 1 heteroatoms. The summed E-state index contributed by atoms with van der Waals surface area (Å²) in [4.78, 5) is 0. The highest BCUT2D eigenvalue weighted by Gasteiger charge is 2.26. The van der Waals surface area contributed by atoms with E-state index in [1.165, 1.54) is 25.7 Å². The van der Waals surface area contributed by atoms with Gasteiger partial charge in [0.05, 0.1) is 0 Å². The molecule has 1 aliphatic rings. The topological polar surface area (TPSA) is 12.0 Å². The van der Waals surface area contributed by atoms with Gasteiger partial charge in [0.15, 0.2) is 0 Å². The zero-order valence-corrected chi connectivity index (χ0v) is 12.0. The van der Waals surface area contributed by atoms with Gasteiger partial charge in [0, 0.05) is 12.5 Å². The van der Waals surface area contributed by atoms with Crippen LogP contribution in [0.1, 0.15) is 56.1 Å². The summed E-state index contributed by atoms with van der Waals surface area (Å²) < 4.78 is 0. The fourth-order valence-electron chi connectivity index (χ4n) is 3.22. The number of aryl methyl sites for hydroxylation is 1. The molecule has 2 unspecified atom stereocenters. The lowest BCUT2D eigenvalue weighted by Crippen LogP contribution is -2.37. The van der Waals surface area contributed by atoms with Crippen molar-refractivity contribution in [2.45, 2.75) is 57.4 Å². The first-order valence-electron chi connectivity index (χ1n) is 7.61. The molecule has 1 aromatic rings. The summed E-state index contributed by atoms with van der Waals surface area (Å²) in [6, 6.07) is 9.49. The molecule has 0 amide bonds. The number of hydrogen-bond donors (Lipinski definition) is 1. The average molecular weight is 255 g/mol.